The van der Waals surface area contributed by atoms with Crippen molar-refractivity contribution in [1.82, 2.24) is 0 Å². The molecule has 2 rings (SSSR count). The summed E-state index contributed by atoms with van der Waals surface area (Å²) in [6, 6.07) is 12.9. The number of hydrogen-bond donors (Lipinski definition) is 2. The maximum Gasteiger partial charge on any atom is 0.0473 e. The lowest BCUT2D eigenvalue weighted by Gasteiger charge is -2.19. The molecule has 2 aromatic carbocycles. The fourth-order valence-electron chi connectivity index (χ4n) is 3.00. The van der Waals surface area contributed by atoms with E-state index >= 15 is 0 Å². The standard InChI is InChI=1S/C19H26N2/c1-5-16-8-6-7-9-17(16)18(20)12-21-19-14(3)10-13(2)11-15(19)4/h6-11,18,21H,5,12,20H2,1-4H3. The lowest BCUT2D eigenvalue weighted by Crippen LogP contribution is -2.22. The van der Waals surface area contributed by atoms with Crippen molar-refractivity contribution in [2.75, 3.05) is 11.9 Å². The molecule has 0 saturated heterocycles. The third-order valence-electron chi connectivity index (χ3n) is 4.01. The molecular weight excluding hydrogens is 256 g/mol. The van der Waals surface area contributed by atoms with Crippen LogP contribution in [0.15, 0.2) is 36.4 Å². The van der Waals surface area contributed by atoms with E-state index in [2.05, 4.69) is 69.4 Å². The summed E-state index contributed by atoms with van der Waals surface area (Å²) in [6.45, 7) is 9.35. The summed E-state index contributed by atoms with van der Waals surface area (Å²) in [6.07, 6.45) is 1.02. The van der Waals surface area contributed by atoms with E-state index < -0.39 is 0 Å². The van der Waals surface area contributed by atoms with Crippen LogP contribution in [0.2, 0.25) is 0 Å². The molecule has 0 fully saturated rings. The fraction of sp³-hybridized carbons (Fsp3) is 0.368. The Hall–Kier alpha value is -1.80. The summed E-state index contributed by atoms with van der Waals surface area (Å²) in [5.74, 6) is 0. The van der Waals surface area contributed by atoms with Crippen molar-refractivity contribution in [3.63, 3.8) is 0 Å². The Balaban J connectivity index is 2.13. The highest BCUT2D eigenvalue weighted by atomic mass is 14.9. The van der Waals surface area contributed by atoms with Crippen molar-refractivity contribution in [2.24, 2.45) is 5.73 Å². The van der Waals surface area contributed by atoms with Gasteiger partial charge in [-0.1, -0.05) is 48.9 Å². The first-order chi connectivity index (χ1) is 10.0. The Labute approximate surface area is 128 Å². The monoisotopic (exact) mass is 282 g/mol. The molecule has 3 N–H and O–H groups in total. The summed E-state index contributed by atoms with van der Waals surface area (Å²) in [7, 11) is 0. The normalized spacial score (nSPS) is 12.2. The molecule has 0 aromatic heterocycles. The van der Waals surface area contributed by atoms with E-state index in [1.807, 2.05) is 0 Å². The highest BCUT2D eigenvalue weighted by Gasteiger charge is 2.11. The quantitative estimate of drug-likeness (QED) is 0.858. The van der Waals surface area contributed by atoms with Gasteiger partial charge in [0.1, 0.15) is 0 Å². The van der Waals surface area contributed by atoms with Crippen LogP contribution < -0.4 is 11.1 Å². The smallest absolute Gasteiger partial charge is 0.0473 e. The third kappa shape index (κ3) is 3.64. The Morgan fingerprint density at radius 1 is 1.05 bits per heavy atom. The second kappa shape index (κ2) is 6.77. The predicted octanol–water partition coefficient (Wildman–Crippen LogP) is 4.29. The van der Waals surface area contributed by atoms with E-state index in [1.54, 1.807) is 0 Å². The molecular formula is C19H26N2. The van der Waals surface area contributed by atoms with Crippen molar-refractivity contribution in [2.45, 2.75) is 40.2 Å². The Morgan fingerprint density at radius 2 is 1.67 bits per heavy atom. The minimum Gasteiger partial charge on any atom is -0.383 e. The van der Waals surface area contributed by atoms with Gasteiger partial charge in [-0.3, -0.25) is 0 Å². The molecule has 0 radical (unpaired) electrons. The van der Waals surface area contributed by atoms with Crippen LogP contribution >= 0.6 is 0 Å². The van der Waals surface area contributed by atoms with E-state index in [9.17, 15) is 0 Å². The minimum absolute atomic E-state index is 0.0150. The van der Waals surface area contributed by atoms with Crippen LogP contribution in [0.1, 0.15) is 40.8 Å². The first kappa shape index (κ1) is 15.6. The Bertz CT molecular complexity index is 594. The summed E-state index contributed by atoms with van der Waals surface area (Å²) in [5, 5.41) is 3.53. The zero-order chi connectivity index (χ0) is 15.4. The maximum absolute atomic E-state index is 6.39. The van der Waals surface area contributed by atoms with E-state index in [4.69, 9.17) is 5.73 Å². The molecule has 2 heteroatoms. The van der Waals surface area contributed by atoms with Crippen molar-refractivity contribution in [1.29, 1.82) is 0 Å². The van der Waals surface area contributed by atoms with Gasteiger partial charge in [0.25, 0.3) is 0 Å². The van der Waals surface area contributed by atoms with Gasteiger partial charge < -0.3 is 11.1 Å². The maximum atomic E-state index is 6.39. The number of nitrogens with one attached hydrogen (secondary N) is 1. The molecule has 2 aromatic rings. The van der Waals surface area contributed by atoms with Crippen molar-refractivity contribution >= 4 is 5.69 Å². The van der Waals surface area contributed by atoms with Crippen LogP contribution in [0.3, 0.4) is 0 Å². The third-order valence-corrected chi connectivity index (χ3v) is 4.01. The van der Waals surface area contributed by atoms with E-state index in [0.29, 0.717) is 0 Å². The van der Waals surface area contributed by atoms with Crippen LogP contribution in [-0.4, -0.2) is 6.54 Å². The van der Waals surface area contributed by atoms with Crippen molar-refractivity contribution in [3.8, 4) is 0 Å². The van der Waals surface area contributed by atoms with Gasteiger partial charge in [0.2, 0.25) is 0 Å². The summed E-state index contributed by atoms with van der Waals surface area (Å²) >= 11 is 0. The minimum atomic E-state index is 0.0150. The Morgan fingerprint density at radius 3 is 2.29 bits per heavy atom. The number of benzene rings is 2. The molecule has 0 bridgehead atoms. The van der Waals surface area contributed by atoms with Crippen LogP contribution in [0.25, 0.3) is 0 Å². The molecule has 0 aliphatic heterocycles. The highest BCUT2D eigenvalue weighted by Crippen LogP contribution is 2.23. The van der Waals surface area contributed by atoms with Crippen LogP contribution in [0, 0.1) is 20.8 Å². The van der Waals surface area contributed by atoms with E-state index in [0.717, 1.165) is 13.0 Å². The summed E-state index contributed by atoms with van der Waals surface area (Å²) < 4.78 is 0. The van der Waals surface area contributed by atoms with Crippen LogP contribution in [0.5, 0.6) is 0 Å². The molecule has 0 heterocycles. The molecule has 1 atom stereocenters. The van der Waals surface area contributed by atoms with Gasteiger partial charge in [-0.2, -0.15) is 0 Å². The lowest BCUT2D eigenvalue weighted by atomic mass is 9.98. The largest absolute Gasteiger partial charge is 0.383 e. The molecule has 0 saturated carbocycles. The number of rotatable bonds is 5. The van der Waals surface area contributed by atoms with Gasteiger partial charge in [-0.25, -0.2) is 0 Å². The predicted molar refractivity (Wildman–Crippen MR) is 91.9 cm³/mol. The highest BCUT2D eigenvalue weighted by molar-refractivity contribution is 5.58. The topological polar surface area (TPSA) is 38.0 Å². The number of hydrogen-bond acceptors (Lipinski definition) is 2. The first-order valence-corrected chi connectivity index (χ1v) is 7.68. The fourth-order valence-corrected chi connectivity index (χ4v) is 3.00. The number of nitrogens with two attached hydrogens (primary N) is 1. The number of anilines is 1. The molecule has 0 aliphatic rings. The number of aryl methyl sites for hydroxylation is 4. The average Bonchev–Trinajstić information content (AvgIpc) is 2.45. The molecule has 0 spiro atoms. The zero-order valence-electron chi connectivity index (χ0n) is 13.5. The van der Waals surface area contributed by atoms with Gasteiger partial charge in [-0.05, 0) is 49.4 Å². The van der Waals surface area contributed by atoms with E-state index in [-0.39, 0.29) is 6.04 Å². The second-order valence-electron chi connectivity index (χ2n) is 5.81. The van der Waals surface area contributed by atoms with Gasteiger partial charge >= 0.3 is 0 Å². The summed E-state index contributed by atoms with van der Waals surface area (Å²) in [5.41, 5.74) is 14.0. The Kier molecular flexibility index (Phi) is 5.03. The molecule has 21 heavy (non-hydrogen) atoms. The van der Waals surface area contributed by atoms with Gasteiger partial charge in [0, 0.05) is 18.3 Å². The van der Waals surface area contributed by atoms with Crippen LogP contribution in [0.4, 0.5) is 5.69 Å². The molecule has 1 unspecified atom stereocenters. The molecule has 112 valence electrons. The summed E-state index contributed by atoms with van der Waals surface area (Å²) in [4.78, 5) is 0. The van der Waals surface area contributed by atoms with Gasteiger partial charge in [-0.15, -0.1) is 0 Å². The molecule has 2 nitrogen and oxygen atoms in total. The van der Waals surface area contributed by atoms with Crippen LogP contribution in [-0.2, 0) is 6.42 Å². The van der Waals surface area contributed by atoms with Gasteiger partial charge in [0.05, 0.1) is 0 Å². The molecule has 0 aliphatic carbocycles. The zero-order valence-corrected chi connectivity index (χ0v) is 13.5. The second-order valence-corrected chi connectivity index (χ2v) is 5.81. The van der Waals surface area contributed by atoms with Gasteiger partial charge in [0.15, 0.2) is 0 Å². The van der Waals surface area contributed by atoms with Crippen molar-refractivity contribution < 1.29 is 0 Å². The van der Waals surface area contributed by atoms with Crippen molar-refractivity contribution in [3.05, 3.63) is 64.2 Å². The molecule has 0 amide bonds. The van der Waals surface area contributed by atoms with E-state index in [1.165, 1.54) is 33.5 Å². The SMILES string of the molecule is CCc1ccccc1C(N)CNc1c(C)cc(C)cc1C. The average molecular weight is 282 g/mol. The lowest BCUT2D eigenvalue weighted by molar-refractivity contribution is 0.751. The first-order valence-electron chi connectivity index (χ1n) is 7.68.